The van der Waals surface area contributed by atoms with Gasteiger partial charge in [-0.2, -0.15) is 5.26 Å². The molecule has 0 atom stereocenters. The van der Waals surface area contributed by atoms with Gasteiger partial charge in [0, 0.05) is 31.7 Å². The molecule has 0 unspecified atom stereocenters. The number of amides is 2. The van der Waals surface area contributed by atoms with Crippen LogP contribution in [0.1, 0.15) is 18.4 Å². The van der Waals surface area contributed by atoms with E-state index in [2.05, 4.69) is 10.6 Å². The minimum absolute atomic E-state index is 0.0139. The zero-order valence-corrected chi connectivity index (χ0v) is 11.8. The van der Waals surface area contributed by atoms with Gasteiger partial charge in [-0.15, -0.1) is 0 Å². The first-order chi connectivity index (χ1) is 10.2. The maximum absolute atomic E-state index is 11.9. The van der Waals surface area contributed by atoms with Crippen molar-refractivity contribution in [3.63, 3.8) is 0 Å². The van der Waals surface area contributed by atoms with Crippen LogP contribution in [-0.2, 0) is 9.59 Å². The quantitative estimate of drug-likeness (QED) is 0.853. The van der Waals surface area contributed by atoms with Crippen LogP contribution in [0.3, 0.4) is 0 Å². The summed E-state index contributed by atoms with van der Waals surface area (Å²) in [7, 11) is 0. The van der Waals surface area contributed by atoms with Crippen molar-refractivity contribution < 1.29 is 9.59 Å². The average Bonchev–Trinajstić information content (AvgIpc) is 2.70. The van der Waals surface area contributed by atoms with Gasteiger partial charge in [0.25, 0.3) is 0 Å². The summed E-state index contributed by atoms with van der Waals surface area (Å²) in [5.74, 6) is -0.0793. The molecule has 110 valence electrons. The third-order valence-corrected chi connectivity index (χ3v) is 3.29. The van der Waals surface area contributed by atoms with E-state index in [-0.39, 0.29) is 11.8 Å². The molecule has 6 nitrogen and oxygen atoms in total. The van der Waals surface area contributed by atoms with Gasteiger partial charge < -0.3 is 10.6 Å². The first-order valence-corrected chi connectivity index (χ1v) is 6.96. The number of nitriles is 1. The zero-order valence-electron chi connectivity index (χ0n) is 11.8. The van der Waals surface area contributed by atoms with E-state index >= 15 is 0 Å². The van der Waals surface area contributed by atoms with Crippen molar-refractivity contribution in [1.82, 2.24) is 10.2 Å². The highest BCUT2D eigenvalue weighted by atomic mass is 16.2. The van der Waals surface area contributed by atoms with E-state index in [1.54, 1.807) is 24.3 Å². The van der Waals surface area contributed by atoms with Gasteiger partial charge in [-0.05, 0) is 30.7 Å². The Morgan fingerprint density at radius 1 is 1.38 bits per heavy atom. The van der Waals surface area contributed by atoms with Gasteiger partial charge in [0.05, 0.1) is 18.2 Å². The molecule has 2 rings (SSSR count). The molecule has 0 aliphatic carbocycles. The summed E-state index contributed by atoms with van der Waals surface area (Å²) in [6, 6.07) is 8.76. The monoisotopic (exact) mass is 286 g/mol. The Hall–Kier alpha value is -2.39. The van der Waals surface area contributed by atoms with E-state index in [1.165, 1.54) is 0 Å². The van der Waals surface area contributed by atoms with Crippen molar-refractivity contribution in [1.29, 1.82) is 5.26 Å². The molecule has 0 spiro atoms. The maximum Gasteiger partial charge on any atom is 0.234 e. The molecule has 1 heterocycles. The highest BCUT2D eigenvalue weighted by Crippen LogP contribution is 2.09. The number of carbonyl (C=O) groups excluding carboxylic acids is 2. The van der Waals surface area contributed by atoms with Crippen molar-refractivity contribution >= 4 is 17.5 Å². The predicted molar refractivity (Wildman–Crippen MR) is 78.5 cm³/mol. The van der Waals surface area contributed by atoms with Gasteiger partial charge in [0.15, 0.2) is 0 Å². The fraction of sp³-hybridized carbons (Fsp3) is 0.400. The zero-order chi connectivity index (χ0) is 15.1. The van der Waals surface area contributed by atoms with Crippen LogP contribution in [0.25, 0.3) is 0 Å². The molecule has 6 heteroatoms. The molecule has 1 aliphatic heterocycles. The Morgan fingerprint density at radius 2 is 2.14 bits per heavy atom. The summed E-state index contributed by atoms with van der Waals surface area (Å²) in [6.45, 7) is 2.44. The molecule has 0 saturated carbocycles. The molecule has 0 bridgehead atoms. The maximum atomic E-state index is 11.9. The van der Waals surface area contributed by atoms with E-state index in [0.29, 0.717) is 37.3 Å². The van der Waals surface area contributed by atoms with Crippen LogP contribution in [-0.4, -0.2) is 42.9 Å². The lowest BCUT2D eigenvalue weighted by Gasteiger charge is -2.17. The van der Waals surface area contributed by atoms with Crippen molar-refractivity contribution in [2.45, 2.75) is 12.8 Å². The lowest BCUT2D eigenvalue weighted by molar-refractivity contribution is -0.122. The van der Waals surface area contributed by atoms with Gasteiger partial charge >= 0.3 is 0 Å². The fourth-order valence-corrected chi connectivity index (χ4v) is 2.17. The summed E-state index contributed by atoms with van der Waals surface area (Å²) in [4.78, 5) is 25.3. The van der Waals surface area contributed by atoms with Crippen molar-refractivity contribution in [2.24, 2.45) is 0 Å². The topological polar surface area (TPSA) is 85.2 Å². The summed E-state index contributed by atoms with van der Waals surface area (Å²) < 4.78 is 0. The van der Waals surface area contributed by atoms with Crippen molar-refractivity contribution in [3.8, 4) is 6.07 Å². The first-order valence-electron chi connectivity index (χ1n) is 6.96. The van der Waals surface area contributed by atoms with Crippen LogP contribution in [0.2, 0.25) is 0 Å². The van der Waals surface area contributed by atoms with E-state index in [9.17, 15) is 9.59 Å². The molecule has 1 aromatic rings. The van der Waals surface area contributed by atoms with Gasteiger partial charge in [0.1, 0.15) is 0 Å². The smallest absolute Gasteiger partial charge is 0.234 e. The van der Waals surface area contributed by atoms with E-state index in [0.717, 1.165) is 13.0 Å². The highest BCUT2D eigenvalue weighted by molar-refractivity contribution is 5.90. The van der Waals surface area contributed by atoms with Gasteiger partial charge in [-0.25, -0.2) is 0 Å². The standard InChI is InChI=1S/C15H18N4O2/c16-10-12-2-4-13(5-3-12)18-14(20)6-9-19-8-1-7-17-15(21)11-19/h2-5H,1,6-9,11H2,(H,17,21)(H,18,20). The molecule has 1 aromatic carbocycles. The molecule has 0 radical (unpaired) electrons. The Bertz CT molecular complexity index is 548. The molecular weight excluding hydrogens is 268 g/mol. The lowest BCUT2D eigenvalue weighted by atomic mass is 10.2. The average molecular weight is 286 g/mol. The summed E-state index contributed by atoms with van der Waals surface area (Å²) in [6.07, 6.45) is 1.25. The third-order valence-electron chi connectivity index (χ3n) is 3.29. The second-order valence-electron chi connectivity index (χ2n) is 4.97. The van der Waals surface area contributed by atoms with Crippen LogP contribution in [0, 0.1) is 11.3 Å². The molecule has 1 fully saturated rings. The summed E-state index contributed by atoms with van der Waals surface area (Å²) >= 11 is 0. The normalized spacial score (nSPS) is 15.7. The molecular formula is C15H18N4O2. The number of benzene rings is 1. The number of rotatable bonds is 4. The van der Waals surface area contributed by atoms with E-state index < -0.39 is 0 Å². The van der Waals surface area contributed by atoms with Crippen LogP contribution in [0.15, 0.2) is 24.3 Å². The Balaban J connectivity index is 1.78. The predicted octanol–water partition coefficient (Wildman–Crippen LogP) is 0.709. The number of nitrogens with one attached hydrogen (secondary N) is 2. The van der Waals surface area contributed by atoms with Crippen LogP contribution in [0.4, 0.5) is 5.69 Å². The van der Waals surface area contributed by atoms with Crippen LogP contribution < -0.4 is 10.6 Å². The van der Waals surface area contributed by atoms with Crippen LogP contribution >= 0.6 is 0 Å². The second-order valence-corrected chi connectivity index (χ2v) is 4.97. The minimum atomic E-state index is -0.0932. The number of nitrogens with zero attached hydrogens (tertiary/aromatic N) is 2. The summed E-state index contributed by atoms with van der Waals surface area (Å²) in [5, 5.41) is 14.3. The first kappa shape index (κ1) is 15.0. The number of hydrogen-bond acceptors (Lipinski definition) is 4. The van der Waals surface area contributed by atoms with Crippen molar-refractivity contribution in [2.75, 3.05) is 31.5 Å². The van der Waals surface area contributed by atoms with Gasteiger partial charge in [0.2, 0.25) is 11.8 Å². The third kappa shape index (κ3) is 4.89. The summed E-state index contributed by atoms with van der Waals surface area (Å²) in [5.41, 5.74) is 1.23. The SMILES string of the molecule is N#Cc1ccc(NC(=O)CCN2CCCNC(=O)C2)cc1. The van der Waals surface area contributed by atoms with Crippen molar-refractivity contribution in [3.05, 3.63) is 29.8 Å². The fourth-order valence-electron chi connectivity index (χ4n) is 2.17. The molecule has 2 N–H and O–H groups in total. The molecule has 1 saturated heterocycles. The molecule has 1 aliphatic rings. The lowest BCUT2D eigenvalue weighted by Crippen LogP contribution is -2.34. The molecule has 21 heavy (non-hydrogen) atoms. The van der Waals surface area contributed by atoms with Gasteiger partial charge in [-0.1, -0.05) is 0 Å². The largest absolute Gasteiger partial charge is 0.355 e. The van der Waals surface area contributed by atoms with E-state index in [1.807, 2.05) is 11.0 Å². The Labute approximate surface area is 123 Å². The minimum Gasteiger partial charge on any atom is -0.355 e. The number of anilines is 1. The Kier molecular flexibility index (Phi) is 5.29. The highest BCUT2D eigenvalue weighted by Gasteiger charge is 2.15. The Morgan fingerprint density at radius 3 is 2.86 bits per heavy atom. The van der Waals surface area contributed by atoms with Gasteiger partial charge in [-0.3, -0.25) is 14.5 Å². The number of hydrogen-bond donors (Lipinski definition) is 2. The second kappa shape index (κ2) is 7.41. The molecule has 2 amide bonds. The van der Waals surface area contributed by atoms with Crippen LogP contribution in [0.5, 0.6) is 0 Å². The molecule has 0 aromatic heterocycles. The van der Waals surface area contributed by atoms with E-state index in [4.69, 9.17) is 5.26 Å². The number of carbonyl (C=O) groups is 2.